The zero-order valence-electron chi connectivity index (χ0n) is 12.9. The van der Waals surface area contributed by atoms with E-state index < -0.39 is 0 Å². The second-order valence-electron chi connectivity index (χ2n) is 5.90. The Labute approximate surface area is 135 Å². The van der Waals surface area contributed by atoms with Crippen molar-refractivity contribution in [1.29, 1.82) is 0 Å². The van der Waals surface area contributed by atoms with Gasteiger partial charge in [0.2, 0.25) is 5.91 Å². The van der Waals surface area contributed by atoms with Crippen LogP contribution < -0.4 is 0 Å². The van der Waals surface area contributed by atoms with E-state index in [0.29, 0.717) is 6.42 Å². The molecular formula is C16H22N4OS. The van der Waals surface area contributed by atoms with Crippen LogP contribution in [0.4, 0.5) is 0 Å². The number of likely N-dealkylation sites (tertiary alicyclic amines) is 1. The van der Waals surface area contributed by atoms with E-state index in [2.05, 4.69) is 15.0 Å². The lowest BCUT2D eigenvalue weighted by atomic mass is 10.0. The lowest BCUT2D eigenvalue weighted by Crippen LogP contribution is -2.46. The maximum atomic E-state index is 12.6. The third-order valence-electron chi connectivity index (χ3n) is 4.14. The average Bonchev–Trinajstić information content (AvgIpc) is 3.17. The first kappa shape index (κ1) is 15.2. The van der Waals surface area contributed by atoms with Crippen molar-refractivity contribution >= 4 is 17.2 Å². The Morgan fingerprint density at radius 3 is 3.09 bits per heavy atom. The van der Waals surface area contributed by atoms with Crippen LogP contribution in [0.3, 0.4) is 0 Å². The molecule has 0 unspecified atom stereocenters. The van der Waals surface area contributed by atoms with Crippen molar-refractivity contribution in [3.63, 3.8) is 0 Å². The molecule has 1 aliphatic heterocycles. The minimum absolute atomic E-state index is 0.253. The van der Waals surface area contributed by atoms with Gasteiger partial charge in [-0.25, -0.2) is 4.98 Å². The van der Waals surface area contributed by atoms with Crippen molar-refractivity contribution in [1.82, 2.24) is 19.7 Å². The molecule has 5 nitrogen and oxygen atoms in total. The third-order valence-corrected chi connectivity index (χ3v) is 4.98. The first-order valence-electron chi connectivity index (χ1n) is 7.89. The molecule has 3 heterocycles. The third kappa shape index (κ3) is 3.74. The van der Waals surface area contributed by atoms with Gasteiger partial charge in [0.1, 0.15) is 0 Å². The molecule has 6 heteroatoms. The first-order valence-corrected chi connectivity index (χ1v) is 8.77. The van der Waals surface area contributed by atoms with Gasteiger partial charge in [-0.15, -0.1) is 11.3 Å². The van der Waals surface area contributed by atoms with Gasteiger partial charge in [-0.3, -0.25) is 9.48 Å². The molecule has 0 radical (unpaired) electrons. The number of hydrogen-bond acceptors (Lipinski definition) is 4. The van der Waals surface area contributed by atoms with Crippen LogP contribution in [-0.4, -0.2) is 38.2 Å². The van der Waals surface area contributed by atoms with Gasteiger partial charge in [-0.1, -0.05) is 0 Å². The Morgan fingerprint density at radius 2 is 2.36 bits per heavy atom. The van der Waals surface area contributed by atoms with Crippen LogP contribution in [0.2, 0.25) is 0 Å². The molecule has 1 fully saturated rings. The van der Waals surface area contributed by atoms with Gasteiger partial charge in [-0.2, -0.15) is 5.10 Å². The van der Waals surface area contributed by atoms with Crippen LogP contribution in [0.1, 0.15) is 36.3 Å². The molecular weight excluding hydrogens is 296 g/mol. The summed E-state index contributed by atoms with van der Waals surface area (Å²) in [4.78, 5) is 18.9. The number of aryl methyl sites for hydroxylation is 2. The highest BCUT2D eigenvalue weighted by molar-refractivity contribution is 7.09. The quantitative estimate of drug-likeness (QED) is 0.851. The molecule has 3 rings (SSSR count). The molecule has 2 aromatic heterocycles. The van der Waals surface area contributed by atoms with Crippen LogP contribution in [0.15, 0.2) is 24.0 Å². The Balaban J connectivity index is 1.60. The minimum atomic E-state index is 0.253. The van der Waals surface area contributed by atoms with Crippen molar-refractivity contribution in [3.8, 4) is 0 Å². The number of nitrogens with zero attached hydrogens (tertiary/aromatic N) is 4. The molecule has 0 saturated carbocycles. The lowest BCUT2D eigenvalue weighted by molar-refractivity contribution is -0.135. The van der Waals surface area contributed by atoms with Crippen molar-refractivity contribution in [3.05, 3.63) is 34.5 Å². The van der Waals surface area contributed by atoms with E-state index in [-0.39, 0.29) is 11.9 Å². The number of thiazole rings is 1. The summed E-state index contributed by atoms with van der Waals surface area (Å²) in [6, 6.07) is 0.275. The van der Waals surface area contributed by atoms with Crippen LogP contribution in [0.5, 0.6) is 0 Å². The van der Waals surface area contributed by atoms with Gasteiger partial charge in [0, 0.05) is 37.2 Å². The number of piperidine rings is 1. The number of amides is 1. The Hall–Kier alpha value is -1.69. The molecule has 0 aromatic carbocycles. The normalized spacial score (nSPS) is 18.6. The van der Waals surface area contributed by atoms with E-state index in [4.69, 9.17) is 0 Å². The molecule has 22 heavy (non-hydrogen) atoms. The Kier molecular flexibility index (Phi) is 4.87. The predicted octanol–water partition coefficient (Wildman–Crippen LogP) is 2.66. The standard InChI is InChI=1S/C16H22N4OS/c1-13-10-18-19(11-13)12-14-4-2-3-8-20(14)16(21)6-5-15-17-7-9-22-15/h7,9-11,14H,2-6,8,12H2,1H3/t14-/m1/s1. The second-order valence-corrected chi connectivity index (χ2v) is 6.88. The van der Waals surface area contributed by atoms with Gasteiger partial charge >= 0.3 is 0 Å². The summed E-state index contributed by atoms with van der Waals surface area (Å²) in [7, 11) is 0. The first-order chi connectivity index (χ1) is 10.7. The van der Waals surface area contributed by atoms with Crippen molar-refractivity contribution in [2.75, 3.05) is 6.54 Å². The summed E-state index contributed by atoms with van der Waals surface area (Å²) >= 11 is 1.62. The highest BCUT2D eigenvalue weighted by atomic mass is 32.1. The smallest absolute Gasteiger partial charge is 0.223 e. The van der Waals surface area contributed by atoms with E-state index >= 15 is 0 Å². The molecule has 0 spiro atoms. The summed E-state index contributed by atoms with van der Waals surface area (Å²) < 4.78 is 1.96. The molecule has 1 atom stereocenters. The second kappa shape index (κ2) is 7.05. The molecule has 0 N–H and O–H groups in total. The van der Waals surface area contributed by atoms with E-state index in [9.17, 15) is 4.79 Å². The fourth-order valence-electron chi connectivity index (χ4n) is 3.04. The van der Waals surface area contributed by atoms with Gasteiger partial charge in [0.25, 0.3) is 0 Å². The topological polar surface area (TPSA) is 51.0 Å². The van der Waals surface area contributed by atoms with E-state index in [1.54, 1.807) is 17.5 Å². The molecule has 2 aromatic rings. The van der Waals surface area contributed by atoms with E-state index in [0.717, 1.165) is 42.9 Å². The van der Waals surface area contributed by atoms with Gasteiger partial charge < -0.3 is 4.90 Å². The highest BCUT2D eigenvalue weighted by Gasteiger charge is 2.26. The summed E-state index contributed by atoms with van der Waals surface area (Å²) in [5.41, 5.74) is 1.16. The van der Waals surface area contributed by atoms with Crippen molar-refractivity contribution in [2.24, 2.45) is 0 Å². The minimum Gasteiger partial charge on any atom is -0.338 e. The Morgan fingerprint density at radius 1 is 1.45 bits per heavy atom. The summed E-state index contributed by atoms with van der Waals surface area (Å²) in [5.74, 6) is 0.253. The van der Waals surface area contributed by atoms with Gasteiger partial charge in [0.15, 0.2) is 0 Å². The van der Waals surface area contributed by atoms with E-state index in [1.807, 2.05) is 29.4 Å². The number of carbonyl (C=O) groups excluding carboxylic acids is 1. The van der Waals surface area contributed by atoms with Crippen molar-refractivity contribution < 1.29 is 4.79 Å². The fourth-order valence-corrected chi connectivity index (χ4v) is 3.66. The van der Waals surface area contributed by atoms with Gasteiger partial charge in [-0.05, 0) is 31.7 Å². The maximum absolute atomic E-state index is 12.6. The Bertz CT molecular complexity index is 607. The maximum Gasteiger partial charge on any atom is 0.223 e. The van der Waals surface area contributed by atoms with Crippen LogP contribution in [0.25, 0.3) is 0 Å². The zero-order chi connectivity index (χ0) is 15.4. The summed E-state index contributed by atoms with van der Waals surface area (Å²) in [6.07, 6.45) is 10.4. The summed E-state index contributed by atoms with van der Waals surface area (Å²) in [6.45, 7) is 3.72. The molecule has 1 aliphatic rings. The largest absolute Gasteiger partial charge is 0.338 e. The number of carbonyl (C=O) groups is 1. The molecule has 1 amide bonds. The monoisotopic (exact) mass is 318 g/mol. The SMILES string of the molecule is Cc1cnn(C[C@H]2CCCCN2C(=O)CCc2nccs2)c1. The van der Waals surface area contributed by atoms with Gasteiger partial charge in [0.05, 0.1) is 23.8 Å². The predicted molar refractivity (Wildman–Crippen MR) is 86.8 cm³/mol. The molecule has 1 saturated heterocycles. The number of hydrogen-bond donors (Lipinski definition) is 0. The summed E-state index contributed by atoms with van der Waals surface area (Å²) in [5, 5.41) is 7.37. The molecule has 118 valence electrons. The zero-order valence-corrected chi connectivity index (χ0v) is 13.8. The van der Waals surface area contributed by atoms with Crippen LogP contribution in [0, 0.1) is 6.92 Å². The average molecular weight is 318 g/mol. The molecule has 0 aliphatic carbocycles. The van der Waals surface area contributed by atoms with Crippen LogP contribution in [-0.2, 0) is 17.8 Å². The molecule has 0 bridgehead atoms. The number of aromatic nitrogens is 3. The van der Waals surface area contributed by atoms with Crippen molar-refractivity contribution in [2.45, 2.75) is 51.6 Å². The number of rotatable bonds is 5. The lowest BCUT2D eigenvalue weighted by Gasteiger charge is -2.35. The fraction of sp³-hybridized carbons (Fsp3) is 0.562. The highest BCUT2D eigenvalue weighted by Crippen LogP contribution is 2.20. The van der Waals surface area contributed by atoms with Crippen LogP contribution >= 0.6 is 11.3 Å². The van der Waals surface area contributed by atoms with E-state index in [1.165, 1.54) is 6.42 Å².